The molecule has 0 bridgehead atoms. The van der Waals surface area contributed by atoms with Crippen molar-refractivity contribution in [3.63, 3.8) is 0 Å². The summed E-state index contributed by atoms with van der Waals surface area (Å²) in [6.07, 6.45) is 0.721. The highest BCUT2D eigenvalue weighted by atomic mass is 16.5. The van der Waals surface area contributed by atoms with Gasteiger partial charge in [0.1, 0.15) is 0 Å². The number of nitrogens with zero attached hydrogens (tertiary/aromatic N) is 1. The van der Waals surface area contributed by atoms with Crippen molar-refractivity contribution in [2.24, 2.45) is 0 Å². The van der Waals surface area contributed by atoms with Crippen LogP contribution in [0.25, 0.3) is 0 Å². The third-order valence-corrected chi connectivity index (χ3v) is 3.33. The lowest BCUT2D eigenvalue weighted by Gasteiger charge is -2.06. The third-order valence-electron chi connectivity index (χ3n) is 3.33. The second-order valence-electron chi connectivity index (χ2n) is 5.20. The van der Waals surface area contributed by atoms with E-state index in [0.29, 0.717) is 24.3 Å². The first-order chi connectivity index (χ1) is 11.7. The van der Waals surface area contributed by atoms with Gasteiger partial charge in [-0.2, -0.15) is 5.26 Å². The Hall–Kier alpha value is -3.13. The van der Waals surface area contributed by atoms with E-state index in [9.17, 15) is 9.59 Å². The first-order valence-electron chi connectivity index (χ1n) is 7.67. The second kappa shape index (κ2) is 9.11. The monoisotopic (exact) mass is 322 g/mol. The largest absolute Gasteiger partial charge is 0.465 e. The molecule has 0 atom stereocenters. The summed E-state index contributed by atoms with van der Waals surface area (Å²) in [4.78, 5) is 23.5. The Morgan fingerprint density at radius 2 is 1.83 bits per heavy atom. The van der Waals surface area contributed by atoms with Gasteiger partial charge in [0, 0.05) is 18.5 Å². The van der Waals surface area contributed by atoms with Crippen molar-refractivity contribution in [1.29, 1.82) is 5.26 Å². The van der Waals surface area contributed by atoms with E-state index in [-0.39, 0.29) is 18.7 Å². The molecule has 0 aromatic heterocycles. The van der Waals surface area contributed by atoms with Crippen LogP contribution in [0.4, 0.5) is 5.69 Å². The molecule has 0 aliphatic rings. The molecule has 0 aliphatic carbocycles. The summed E-state index contributed by atoms with van der Waals surface area (Å²) < 4.78 is 5.12. The number of ether oxygens (including phenoxy) is 1. The Balaban J connectivity index is 1.67. The molecule has 0 spiro atoms. The van der Waals surface area contributed by atoms with Crippen molar-refractivity contribution in [3.05, 3.63) is 65.7 Å². The first kappa shape index (κ1) is 17.2. The molecular formula is C19H18N2O3. The number of anilines is 1. The molecule has 1 N–H and O–H groups in total. The van der Waals surface area contributed by atoms with Crippen molar-refractivity contribution in [1.82, 2.24) is 0 Å². The molecule has 0 fully saturated rings. The molecule has 2 aromatic carbocycles. The van der Waals surface area contributed by atoms with Gasteiger partial charge < -0.3 is 10.1 Å². The second-order valence-corrected chi connectivity index (χ2v) is 5.20. The predicted octanol–water partition coefficient (Wildman–Crippen LogP) is 3.06. The molecule has 5 nitrogen and oxygen atoms in total. The van der Waals surface area contributed by atoms with E-state index >= 15 is 0 Å². The van der Waals surface area contributed by atoms with Crippen LogP contribution in [0.1, 0.15) is 24.0 Å². The van der Waals surface area contributed by atoms with Gasteiger partial charge in [-0.05, 0) is 23.8 Å². The summed E-state index contributed by atoms with van der Waals surface area (Å²) in [6, 6.07) is 18.3. The van der Waals surface area contributed by atoms with Gasteiger partial charge in [-0.15, -0.1) is 0 Å². The van der Waals surface area contributed by atoms with Crippen molar-refractivity contribution >= 4 is 17.6 Å². The number of nitrogens with one attached hydrogen (secondary N) is 1. The van der Waals surface area contributed by atoms with Gasteiger partial charge in [-0.25, -0.2) is 0 Å². The molecule has 0 unspecified atom stereocenters. The lowest BCUT2D eigenvalue weighted by atomic mass is 10.2. The summed E-state index contributed by atoms with van der Waals surface area (Å²) in [5, 5.41) is 11.5. The lowest BCUT2D eigenvalue weighted by molar-refractivity contribution is -0.144. The fourth-order valence-corrected chi connectivity index (χ4v) is 2.11. The standard InChI is InChI=1S/C19H18N2O3/c20-14-16-7-4-8-17(13-16)21-18(22)9-10-19(23)24-12-11-15-5-2-1-3-6-15/h1-8,13H,9-12H2,(H,21,22). The number of rotatable bonds is 7. The third kappa shape index (κ3) is 5.93. The summed E-state index contributed by atoms with van der Waals surface area (Å²) in [6.45, 7) is 0.300. The van der Waals surface area contributed by atoms with E-state index < -0.39 is 5.97 Å². The zero-order valence-corrected chi connectivity index (χ0v) is 13.2. The zero-order chi connectivity index (χ0) is 17.2. The minimum absolute atomic E-state index is 0.0264. The average molecular weight is 322 g/mol. The van der Waals surface area contributed by atoms with E-state index in [1.807, 2.05) is 36.4 Å². The zero-order valence-electron chi connectivity index (χ0n) is 13.2. The smallest absolute Gasteiger partial charge is 0.306 e. The molecule has 1 amide bonds. The van der Waals surface area contributed by atoms with Crippen LogP contribution in [0.5, 0.6) is 0 Å². The molecule has 2 aromatic rings. The molecule has 122 valence electrons. The molecule has 24 heavy (non-hydrogen) atoms. The maximum Gasteiger partial charge on any atom is 0.306 e. The van der Waals surface area contributed by atoms with Gasteiger partial charge in [0.2, 0.25) is 5.91 Å². The normalized spacial score (nSPS) is 9.79. The van der Waals surface area contributed by atoms with Crippen LogP contribution in [0.2, 0.25) is 0 Å². The van der Waals surface area contributed by atoms with E-state index in [0.717, 1.165) is 5.56 Å². The Morgan fingerprint density at radius 1 is 1.04 bits per heavy atom. The highest BCUT2D eigenvalue weighted by molar-refractivity contribution is 5.92. The molecule has 5 heteroatoms. The van der Waals surface area contributed by atoms with E-state index in [2.05, 4.69) is 5.32 Å². The van der Waals surface area contributed by atoms with E-state index in [1.54, 1.807) is 24.3 Å². The maximum absolute atomic E-state index is 11.8. The van der Waals surface area contributed by atoms with E-state index in [4.69, 9.17) is 10.00 Å². The van der Waals surface area contributed by atoms with Crippen LogP contribution < -0.4 is 5.32 Å². The summed E-state index contributed by atoms with van der Waals surface area (Å²) in [7, 11) is 0. The van der Waals surface area contributed by atoms with Gasteiger partial charge in [-0.3, -0.25) is 9.59 Å². The molecule has 2 rings (SSSR count). The van der Waals surface area contributed by atoms with Gasteiger partial charge in [0.15, 0.2) is 0 Å². The van der Waals surface area contributed by atoms with Crippen molar-refractivity contribution in [3.8, 4) is 6.07 Å². The Morgan fingerprint density at radius 3 is 2.58 bits per heavy atom. The minimum atomic E-state index is -0.396. The summed E-state index contributed by atoms with van der Waals surface area (Å²) in [5.41, 5.74) is 2.10. The van der Waals surface area contributed by atoms with Crippen LogP contribution in [-0.4, -0.2) is 18.5 Å². The Bertz CT molecular complexity index is 736. The van der Waals surface area contributed by atoms with Gasteiger partial charge in [-0.1, -0.05) is 36.4 Å². The number of hydrogen-bond acceptors (Lipinski definition) is 4. The molecule has 0 heterocycles. The summed E-state index contributed by atoms with van der Waals surface area (Å²) >= 11 is 0. The SMILES string of the molecule is N#Cc1cccc(NC(=O)CCC(=O)OCCc2ccccc2)c1. The van der Waals surface area contributed by atoms with Gasteiger partial charge in [0.05, 0.1) is 24.7 Å². The molecule has 0 saturated carbocycles. The minimum Gasteiger partial charge on any atom is -0.465 e. The van der Waals surface area contributed by atoms with Crippen LogP contribution in [0.15, 0.2) is 54.6 Å². The Kier molecular flexibility index (Phi) is 6.54. The lowest BCUT2D eigenvalue weighted by Crippen LogP contribution is -2.15. The first-order valence-corrected chi connectivity index (χ1v) is 7.67. The molecule has 0 aliphatic heterocycles. The van der Waals surface area contributed by atoms with Crippen LogP contribution in [-0.2, 0) is 20.7 Å². The number of nitriles is 1. The van der Waals surface area contributed by atoms with Crippen molar-refractivity contribution in [2.75, 3.05) is 11.9 Å². The molecule has 0 radical (unpaired) electrons. The number of esters is 1. The van der Waals surface area contributed by atoms with Gasteiger partial charge >= 0.3 is 5.97 Å². The predicted molar refractivity (Wildman–Crippen MR) is 90.1 cm³/mol. The molecule has 0 saturated heterocycles. The fraction of sp³-hybridized carbons (Fsp3) is 0.211. The number of hydrogen-bond donors (Lipinski definition) is 1. The summed E-state index contributed by atoms with van der Waals surface area (Å²) in [5.74, 6) is -0.683. The van der Waals surface area contributed by atoms with Crippen molar-refractivity contribution < 1.29 is 14.3 Å². The highest BCUT2D eigenvalue weighted by Gasteiger charge is 2.08. The van der Waals surface area contributed by atoms with Crippen molar-refractivity contribution in [2.45, 2.75) is 19.3 Å². The number of amides is 1. The van der Waals surface area contributed by atoms with Gasteiger partial charge in [0.25, 0.3) is 0 Å². The van der Waals surface area contributed by atoms with Crippen LogP contribution >= 0.6 is 0 Å². The average Bonchev–Trinajstić information content (AvgIpc) is 2.61. The maximum atomic E-state index is 11.8. The van der Waals surface area contributed by atoms with E-state index in [1.165, 1.54) is 0 Å². The topological polar surface area (TPSA) is 79.2 Å². The van der Waals surface area contributed by atoms with Crippen LogP contribution in [0, 0.1) is 11.3 Å². The number of carbonyl (C=O) groups excluding carboxylic acids is 2. The quantitative estimate of drug-likeness (QED) is 0.795. The molecular weight excluding hydrogens is 304 g/mol. The van der Waals surface area contributed by atoms with Crippen LogP contribution in [0.3, 0.4) is 0 Å². The fourth-order valence-electron chi connectivity index (χ4n) is 2.11. The number of carbonyl (C=O) groups is 2. The number of benzene rings is 2. The highest BCUT2D eigenvalue weighted by Crippen LogP contribution is 2.10. The Labute approximate surface area is 140 Å².